The van der Waals surface area contributed by atoms with E-state index in [9.17, 15) is 0 Å². The molecule has 0 aliphatic rings. The highest BCUT2D eigenvalue weighted by atomic mass is 127. The van der Waals surface area contributed by atoms with Crippen molar-refractivity contribution in [2.24, 2.45) is 4.99 Å². The van der Waals surface area contributed by atoms with Gasteiger partial charge in [-0.1, -0.05) is 43.7 Å². The molecule has 1 atom stereocenters. The Hall–Kier alpha value is -0.860. The monoisotopic (exact) mass is 476 g/mol. The molecule has 0 radical (unpaired) electrons. The number of guanidine groups is 1. The van der Waals surface area contributed by atoms with Crippen LogP contribution in [0.1, 0.15) is 31.7 Å². The van der Waals surface area contributed by atoms with Gasteiger partial charge in [0.25, 0.3) is 0 Å². The summed E-state index contributed by atoms with van der Waals surface area (Å²) in [7, 11) is 6.06. The van der Waals surface area contributed by atoms with E-state index < -0.39 is 0 Å². The molecule has 0 heterocycles. The molecule has 0 aromatic heterocycles. The topological polar surface area (TPSA) is 48.9 Å². The van der Waals surface area contributed by atoms with E-state index >= 15 is 0 Å². The Kier molecular flexibility index (Phi) is 15.8. The van der Waals surface area contributed by atoms with Gasteiger partial charge in [0.1, 0.15) is 0 Å². The zero-order valence-corrected chi connectivity index (χ0v) is 19.2. The Morgan fingerprint density at radius 3 is 2.42 bits per heavy atom. The molecule has 5 nitrogen and oxygen atoms in total. The fourth-order valence-electron chi connectivity index (χ4n) is 2.49. The molecule has 1 unspecified atom stereocenters. The van der Waals surface area contributed by atoms with Crippen LogP contribution < -0.4 is 10.6 Å². The molecule has 0 fully saturated rings. The number of rotatable bonds is 12. The second kappa shape index (κ2) is 16.3. The Balaban J connectivity index is 0.00000625. The van der Waals surface area contributed by atoms with Crippen molar-refractivity contribution in [3.05, 3.63) is 35.9 Å². The lowest BCUT2D eigenvalue weighted by Crippen LogP contribution is -2.46. The summed E-state index contributed by atoms with van der Waals surface area (Å²) >= 11 is 0. The summed E-state index contributed by atoms with van der Waals surface area (Å²) in [5.74, 6) is 0.855. The average Bonchev–Trinajstić information content (AvgIpc) is 2.63. The van der Waals surface area contributed by atoms with E-state index in [1.54, 1.807) is 0 Å². The molecule has 1 rings (SSSR count). The molecule has 0 spiro atoms. The first-order chi connectivity index (χ1) is 12.2. The zero-order chi connectivity index (χ0) is 18.3. The van der Waals surface area contributed by atoms with Crippen LogP contribution in [0.2, 0.25) is 0 Å². The van der Waals surface area contributed by atoms with Gasteiger partial charge in [-0.05, 0) is 38.9 Å². The predicted molar refractivity (Wildman–Crippen MR) is 123 cm³/mol. The lowest BCUT2D eigenvalue weighted by molar-refractivity contribution is 0.129. The van der Waals surface area contributed by atoms with Crippen molar-refractivity contribution in [2.75, 3.05) is 47.4 Å². The van der Waals surface area contributed by atoms with E-state index in [4.69, 9.17) is 4.74 Å². The van der Waals surface area contributed by atoms with Crippen LogP contribution in [0.15, 0.2) is 35.3 Å². The summed E-state index contributed by atoms with van der Waals surface area (Å²) < 4.78 is 5.58. The maximum Gasteiger partial charge on any atom is 0.191 e. The van der Waals surface area contributed by atoms with Gasteiger partial charge >= 0.3 is 0 Å². The number of nitrogens with one attached hydrogen (secondary N) is 2. The summed E-state index contributed by atoms with van der Waals surface area (Å²) in [4.78, 5) is 6.57. The summed E-state index contributed by atoms with van der Waals surface area (Å²) in [5.41, 5.74) is 1.36. The third kappa shape index (κ3) is 11.7. The van der Waals surface area contributed by atoms with Crippen molar-refractivity contribution in [2.45, 2.75) is 38.6 Å². The molecule has 26 heavy (non-hydrogen) atoms. The van der Waals surface area contributed by atoms with E-state index in [2.05, 4.69) is 71.9 Å². The number of halogens is 1. The lowest BCUT2D eigenvalue weighted by Gasteiger charge is -2.25. The predicted octanol–water partition coefficient (Wildman–Crippen LogP) is 3.15. The molecule has 0 aliphatic carbocycles. The molecule has 150 valence electrons. The molecular formula is C20H37IN4O. The Morgan fingerprint density at radius 1 is 1.12 bits per heavy atom. The number of likely N-dealkylation sites (N-methyl/N-ethyl adjacent to an activating group) is 1. The minimum Gasteiger partial charge on any atom is -0.381 e. The largest absolute Gasteiger partial charge is 0.381 e. The molecule has 0 amide bonds. The number of hydrogen-bond donors (Lipinski definition) is 2. The van der Waals surface area contributed by atoms with Crippen molar-refractivity contribution >= 4 is 29.9 Å². The van der Waals surface area contributed by atoms with Crippen LogP contribution in [0.25, 0.3) is 0 Å². The molecule has 0 saturated heterocycles. The maximum absolute atomic E-state index is 5.58. The van der Waals surface area contributed by atoms with Gasteiger partial charge in [0.2, 0.25) is 0 Å². The van der Waals surface area contributed by atoms with E-state index in [1.165, 1.54) is 12.0 Å². The number of nitrogens with zero attached hydrogens (tertiary/aromatic N) is 2. The smallest absolute Gasteiger partial charge is 0.191 e. The van der Waals surface area contributed by atoms with Crippen molar-refractivity contribution in [3.8, 4) is 0 Å². The van der Waals surface area contributed by atoms with Gasteiger partial charge < -0.3 is 20.3 Å². The third-order valence-electron chi connectivity index (χ3n) is 4.17. The molecule has 6 heteroatoms. The Morgan fingerprint density at radius 2 is 1.81 bits per heavy atom. The minimum atomic E-state index is 0. The standard InChI is InChI=1S/C20H36N4O.HI/c1-5-6-14-25-15-10-13-22-20(21-2)23-17-19(24(3)4)16-18-11-8-7-9-12-18;/h7-9,11-12,19H,5-6,10,13-17H2,1-4H3,(H2,21,22,23);1H. The number of ether oxygens (including phenoxy) is 1. The van der Waals surface area contributed by atoms with Crippen molar-refractivity contribution in [1.29, 1.82) is 0 Å². The van der Waals surface area contributed by atoms with Crippen LogP contribution in [0.4, 0.5) is 0 Å². The zero-order valence-electron chi connectivity index (χ0n) is 16.8. The number of aliphatic imine (C=N–C) groups is 1. The normalized spacial score (nSPS) is 12.6. The molecule has 2 N–H and O–H groups in total. The van der Waals surface area contributed by atoms with E-state index in [-0.39, 0.29) is 24.0 Å². The van der Waals surface area contributed by atoms with E-state index in [1.807, 2.05) is 7.05 Å². The van der Waals surface area contributed by atoms with Crippen LogP contribution in [0.5, 0.6) is 0 Å². The summed E-state index contributed by atoms with van der Waals surface area (Å²) in [6.45, 7) is 5.58. The van der Waals surface area contributed by atoms with Crippen molar-refractivity contribution in [1.82, 2.24) is 15.5 Å². The molecule has 1 aromatic rings. The summed E-state index contributed by atoms with van der Waals surface area (Å²) in [6.07, 6.45) is 4.34. The van der Waals surface area contributed by atoms with Gasteiger partial charge in [0, 0.05) is 39.4 Å². The fraction of sp³-hybridized carbons (Fsp3) is 0.650. The van der Waals surface area contributed by atoms with Gasteiger partial charge in [0.05, 0.1) is 0 Å². The van der Waals surface area contributed by atoms with Crippen LogP contribution in [0, 0.1) is 0 Å². The quantitative estimate of drug-likeness (QED) is 0.211. The highest BCUT2D eigenvalue weighted by molar-refractivity contribution is 14.0. The fourth-order valence-corrected chi connectivity index (χ4v) is 2.49. The van der Waals surface area contributed by atoms with Gasteiger partial charge in [0.15, 0.2) is 5.96 Å². The maximum atomic E-state index is 5.58. The van der Waals surface area contributed by atoms with E-state index in [0.717, 1.165) is 51.5 Å². The van der Waals surface area contributed by atoms with Crippen LogP contribution in [-0.2, 0) is 11.2 Å². The minimum absolute atomic E-state index is 0. The number of hydrogen-bond acceptors (Lipinski definition) is 3. The highest BCUT2D eigenvalue weighted by Gasteiger charge is 2.12. The van der Waals surface area contributed by atoms with Crippen LogP contribution in [0.3, 0.4) is 0 Å². The lowest BCUT2D eigenvalue weighted by atomic mass is 10.1. The second-order valence-electron chi connectivity index (χ2n) is 6.51. The van der Waals surface area contributed by atoms with Gasteiger partial charge in [-0.3, -0.25) is 4.99 Å². The third-order valence-corrected chi connectivity index (χ3v) is 4.17. The van der Waals surface area contributed by atoms with Gasteiger partial charge in [-0.15, -0.1) is 24.0 Å². The Labute approximate surface area is 177 Å². The highest BCUT2D eigenvalue weighted by Crippen LogP contribution is 2.06. The van der Waals surface area contributed by atoms with Gasteiger partial charge in [-0.25, -0.2) is 0 Å². The molecule has 1 aromatic carbocycles. The average molecular weight is 476 g/mol. The van der Waals surface area contributed by atoms with Crippen molar-refractivity contribution < 1.29 is 4.74 Å². The second-order valence-corrected chi connectivity index (χ2v) is 6.51. The first-order valence-electron chi connectivity index (χ1n) is 9.40. The molecule has 0 bridgehead atoms. The molecular weight excluding hydrogens is 439 g/mol. The first-order valence-corrected chi connectivity index (χ1v) is 9.40. The SMILES string of the molecule is CCCCOCCCNC(=NC)NCC(Cc1ccccc1)N(C)C.I. The number of benzene rings is 1. The van der Waals surface area contributed by atoms with Crippen LogP contribution in [-0.4, -0.2) is 64.3 Å². The Bertz CT molecular complexity index is 468. The van der Waals surface area contributed by atoms with Gasteiger partial charge in [-0.2, -0.15) is 0 Å². The number of unbranched alkanes of at least 4 members (excludes halogenated alkanes) is 1. The molecule has 0 saturated carbocycles. The van der Waals surface area contributed by atoms with E-state index in [0.29, 0.717) is 6.04 Å². The summed E-state index contributed by atoms with van der Waals surface area (Å²) in [6, 6.07) is 11.0. The van der Waals surface area contributed by atoms with Crippen LogP contribution >= 0.6 is 24.0 Å². The first kappa shape index (κ1) is 25.1. The van der Waals surface area contributed by atoms with Crippen molar-refractivity contribution in [3.63, 3.8) is 0 Å². The molecule has 0 aliphatic heterocycles. The summed E-state index contributed by atoms with van der Waals surface area (Å²) in [5, 5.41) is 6.80.